The van der Waals surface area contributed by atoms with Gasteiger partial charge in [-0.25, -0.2) is 4.79 Å². The van der Waals surface area contributed by atoms with Crippen LogP contribution in [0.3, 0.4) is 0 Å². The van der Waals surface area contributed by atoms with Gasteiger partial charge >= 0.3 is 6.03 Å². The molecule has 2 N–H and O–H groups in total. The van der Waals surface area contributed by atoms with Crippen molar-refractivity contribution in [2.75, 3.05) is 12.0 Å². The highest BCUT2D eigenvalue weighted by Crippen LogP contribution is 2.40. The molecule has 7 nitrogen and oxygen atoms in total. The molecule has 1 saturated carbocycles. The quantitative estimate of drug-likeness (QED) is 0.811. The van der Waals surface area contributed by atoms with Gasteiger partial charge in [0.05, 0.1) is 30.6 Å². The van der Waals surface area contributed by atoms with Crippen molar-refractivity contribution in [1.29, 1.82) is 5.26 Å². The van der Waals surface area contributed by atoms with Gasteiger partial charge in [-0.05, 0) is 68.0 Å². The fourth-order valence-corrected chi connectivity index (χ4v) is 4.70. The minimum absolute atomic E-state index is 0.0482. The first-order chi connectivity index (χ1) is 14.9. The van der Waals surface area contributed by atoms with E-state index in [1.165, 1.54) is 7.11 Å². The zero-order valence-corrected chi connectivity index (χ0v) is 17.8. The number of carbonyl (C=O) groups excluding carboxylic acids is 2. The number of amides is 3. The average Bonchev–Trinajstić information content (AvgIpc) is 2.78. The zero-order chi connectivity index (χ0) is 22.1. The summed E-state index contributed by atoms with van der Waals surface area (Å²) in [6, 6.07) is 13.2. The van der Waals surface area contributed by atoms with E-state index in [4.69, 9.17) is 10.5 Å². The number of ether oxygens (including phenoxy) is 1. The highest BCUT2D eigenvalue weighted by atomic mass is 16.5. The maximum absolute atomic E-state index is 13.7. The predicted octanol–water partition coefficient (Wildman–Crippen LogP) is 3.99. The van der Waals surface area contributed by atoms with E-state index < -0.39 is 0 Å². The molecule has 0 atom stereocenters. The van der Waals surface area contributed by atoms with E-state index in [2.05, 4.69) is 6.07 Å². The number of hydrogen-bond acceptors (Lipinski definition) is 4. The summed E-state index contributed by atoms with van der Waals surface area (Å²) in [7, 11) is 1.52. The number of carbonyl (C=O) groups is 2. The van der Waals surface area contributed by atoms with Crippen LogP contribution in [0.2, 0.25) is 0 Å². The van der Waals surface area contributed by atoms with E-state index in [0.717, 1.165) is 29.7 Å². The molecule has 7 heteroatoms. The minimum Gasteiger partial charge on any atom is -0.495 e. The van der Waals surface area contributed by atoms with Gasteiger partial charge in [-0.2, -0.15) is 5.26 Å². The normalized spacial score (nSPS) is 20.7. The van der Waals surface area contributed by atoms with Crippen LogP contribution in [0.25, 0.3) is 0 Å². The largest absolute Gasteiger partial charge is 0.495 e. The van der Waals surface area contributed by atoms with Gasteiger partial charge < -0.3 is 15.4 Å². The topological polar surface area (TPSA) is 99.7 Å². The van der Waals surface area contributed by atoms with Crippen molar-refractivity contribution in [2.45, 2.75) is 45.2 Å². The first-order valence-electron chi connectivity index (χ1n) is 10.5. The Morgan fingerprint density at radius 3 is 2.58 bits per heavy atom. The number of nitrogens with two attached hydrogens (primary N) is 1. The zero-order valence-electron chi connectivity index (χ0n) is 17.8. The molecule has 4 rings (SSSR count). The van der Waals surface area contributed by atoms with E-state index in [0.29, 0.717) is 36.4 Å². The summed E-state index contributed by atoms with van der Waals surface area (Å²) in [6.07, 6.45) is 2.90. The molecule has 31 heavy (non-hydrogen) atoms. The Labute approximate surface area is 182 Å². The van der Waals surface area contributed by atoms with Gasteiger partial charge in [-0.3, -0.25) is 9.69 Å². The first-order valence-corrected chi connectivity index (χ1v) is 10.5. The molecule has 0 aromatic heterocycles. The first kappa shape index (κ1) is 20.7. The van der Waals surface area contributed by atoms with E-state index >= 15 is 0 Å². The molecule has 2 aliphatic rings. The van der Waals surface area contributed by atoms with Crippen molar-refractivity contribution in [1.82, 2.24) is 4.90 Å². The van der Waals surface area contributed by atoms with Crippen LogP contribution in [0.15, 0.2) is 36.4 Å². The molecule has 0 radical (unpaired) electrons. The van der Waals surface area contributed by atoms with Gasteiger partial charge in [0.2, 0.25) is 5.91 Å². The highest BCUT2D eigenvalue weighted by Gasteiger charge is 2.38. The van der Waals surface area contributed by atoms with E-state index in [-0.39, 0.29) is 23.9 Å². The molecule has 2 aromatic carbocycles. The summed E-state index contributed by atoms with van der Waals surface area (Å²) in [5.74, 6) is 0.108. The van der Waals surface area contributed by atoms with Crippen LogP contribution in [0.4, 0.5) is 16.2 Å². The lowest BCUT2D eigenvalue weighted by Crippen LogP contribution is -2.51. The Kier molecular flexibility index (Phi) is 5.55. The number of methoxy groups -OCH3 is 1. The third kappa shape index (κ3) is 3.70. The van der Waals surface area contributed by atoms with Gasteiger partial charge in [0.25, 0.3) is 0 Å². The van der Waals surface area contributed by atoms with Crippen LogP contribution >= 0.6 is 0 Å². The number of rotatable bonds is 4. The summed E-state index contributed by atoms with van der Waals surface area (Å²) >= 11 is 0. The SMILES string of the molecule is COc1ccc(N2C(=O)N(C3CCC(C(N)=O)CC3)Cc3c(C)cccc32)cc1C#N. The molecule has 160 valence electrons. The van der Waals surface area contributed by atoms with Gasteiger partial charge in [-0.15, -0.1) is 0 Å². The average molecular weight is 418 g/mol. The number of urea groups is 1. The second kappa shape index (κ2) is 8.31. The maximum Gasteiger partial charge on any atom is 0.329 e. The summed E-state index contributed by atoms with van der Waals surface area (Å²) < 4.78 is 5.27. The van der Waals surface area contributed by atoms with Crippen molar-refractivity contribution < 1.29 is 14.3 Å². The predicted molar refractivity (Wildman–Crippen MR) is 117 cm³/mol. The molecular weight excluding hydrogens is 392 g/mol. The van der Waals surface area contributed by atoms with E-state index in [1.807, 2.05) is 30.0 Å². The number of nitriles is 1. The third-order valence-electron chi connectivity index (χ3n) is 6.49. The Morgan fingerprint density at radius 2 is 1.94 bits per heavy atom. The Morgan fingerprint density at radius 1 is 1.19 bits per heavy atom. The Hall–Kier alpha value is -3.53. The number of anilines is 2. The molecule has 1 heterocycles. The molecule has 0 unspecified atom stereocenters. The molecule has 2 aromatic rings. The number of fused-ring (bicyclic) bond motifs is 1. The standard InChI is InChI=1S/C24H26N4O3/c1-15-4-3-5-21-20(15)14-27(18-8-6-16(7-9-18)23(26)29)24(30)28(21)19-10-11-22(31-2)17(12-19)13-25/h3-5,10-12,16,18H,6-9,14H2,1-2H3,(H2,26,29). The second-order valence-corrected chi connectivity index (χ2v) is 8.22. The fourth-order valence-electron chi connectivity index (χ4n) is 4.70. The number of aryl methyl sites for hydroxylation is 1. The maximum atomic E-state index is 13.7. The lowest BCUT2D eigenvalue weighted by Gasteiger charge is -2.43. The molecule has 0 bridgehead atoms. The fraction of sp³-hybridized carbons (Fsp3) is 0.375. The Balaban J connectivity index is 1.73. The minimum atomic E-state index is -0.256. The number of hydrogen-bond donors (Lipinski definition) is 1. The number of nitrogens with zero attached hydrogens (tertiary/aromatic N) is 3. The monoisotopic (exact) mass is 418 g/mol. The van der Waals surface area contributed by atoms with Gasteiger partial charge in [0.15, 0.2) is 0 Å². The molecular formula is C24H26N4O3. The summed E-state index contributed by atoms with van der Waals surface area (Å²) in [4.78, 5) is 28.9. The van der Waals surface area contributed by atoms with Crippen LogP contribution < -0.4 is 15.4 Å². The van der Waals surface area contributed by atoms with E-state index in [1.54, 1.807) is 23.1 Å². The molecule has 1 aliphatic heterocycles. The smallest absolute Gasteiger partial charge is 0.329 e. The van der Waals surface area contributed by atoms with Crippen LogP contribution in [-0.2, 0) is 11.3 Å². The number of benzene rings is 2. The van der Waals surface area contributed by atoms with Gasteiger partial charge in [0, 0.05) is 12.0 Å². The Bertz CT molecular complexity index is 1070. The van der Waals surface area contributed by atoms with Crippen molar-refractivity contribution in [3.63, 3.8) is 0 Å². The van der Waals surface area contributed by atoms with Crippen molar-refractivity contribution >= 4 is 23.3 Å². The molecule has 0 saturated heterocycles. The van der Waals surface area contributed by atoms with Crippen LogP contribution in [0.1, 0.15) is 42.4 Å². The van der Waals surface area contributed by atoms with E-state index in [9.17, 15) is 14.9 Å². The van der Waals surface area contributed by atoms with Gasteiger partial charge in [-0.1, -0.05) is 12.1 Å². The van der Waals surface area contributed by atoms with Crippen LogP contribution in [0.5, 0.6) is 5.75 Å². The summed E-state index contributed by atoms with van der Waals surface area (Å²) in [5.41, 5.74) is 9.53. The van der Waals surface area contributed by atoms with Crippen molar-refractivity contribution in [2.24, 2.45) is 11.7 Å². The van der Waals surface area contributed by atoms with Crippen LogP contribution in [-0.4, -0.2) is 30.0 Å². The third-order valence-corrected chi connectivity index (χ3v) is 6.49. The van der Waals surface area contributed by atoms with Gasteiger partial charge in [0.1, 0.15) is 11.8 Å². The molecule has 1 aliphatic carbocycles. The molecule has 1 fully saturated rings. The summed E-state index contributed by atoms with van der Waals surface area (Å²) in [6.45, 7) is 2.58. The lowest BCUT2D eigenvalue weighted by molar-refractivity contribution is -0.123. The summed E-state index contributed by atoms with van der Waals surface area (Å²) in [5, 5.41) is 9.52. The lowest BCUT2D eigenvalue weighted by atomic mass is 9.84. The molecule has 0 spiro atoms. The van der Waals surface area contributed by atoms with Crippen molar-refractivity contribution in [3.05, 3.63) is 53.1 Å². The van der Waals surface area contributed by atoms with Crippen molar-refractivity contribution in [3.8, 4) is 11.8 Å². The molecule has 3 amide bonds. The van der Waals surface area contributed by atoms with Crippen LogP contribution in [0, 0.1) is 24.2 Å². The number of primary amides is 1. The highest BCUT2D eigenvalue weighted by molar-refractivity contribution is 6.02. The second-order valence-electron chi connectivity index (χ2n) is 8.22.